The third-order valence-electron chi connectivity index (χ3n) is 6.33. The van der Waals surface area contributed by atoms with Crippen LogP contribution in [-0.2, 0) is 9.53 Å². The lowest BCUT2D eigenvalue weighted by atomic mass is 9.91. The Morgan fingerprint density at radius 2 is 1.50 bits per heavy atom. The fraction of sp³-hybridized carbons (Fsp3) is 0.516. The van der Waals surface area contributed by atoms with Crippen molar-refractivity contribution in [2.75, 3.05) is 13.2 Å². The first-order valence-corrected chi connectivity index (χ1v) is 13.7. The monoisotopic (exact) mass is 492 g/mol. The second-order valence-electron chi connectivity index (χ2n) is 9.20. The normalized spacial score (nSPS) is 11.9. The average molecular weight is 493 g/mol. The zero-order valence-corrected chi connectivity index (χ0v) is 22.3. The van der Waals surface area contributed by atoms with Gasteiger partial charge in [-0.15, -0.1) is 0 Å². The molecule has 2 aromatic rings. The molecule has 0 aliphatic rings. The van der Waals surface area contributed by atoms with E-state index in [0.717, 1.165) is 49.4 Å². The van der Waals surface area contributed by atoms with Gasteiger partial charge < -0.3 is 9.47 Å². The third kappa shape index (κ3) is 11.7. The number of unbranched alkanes of at least 4 members (excludes halogenated alkanes) is 7. The first-order valence-electron chi connectivity index (χ1n) is 13.7. The first kappa shape index (κ1) is 29.3. The SMILES string of the molecule is C=CC(=O)OCCCCCCCCCCOc1ccc(N=Nc2ccccc2C(CC)CCC)cc1. The molecular weight excluding hydrogens is 448 g/mol. The average Bonchev–Trinajstić information content (AvgIpc) is 2.91. The van der Waals surface area contributed by atoms with Gasteiger partial charge in [-0.05, 0) is 67.5 Å². The minimum Gasteiger partial charge on any atom is -0.494 e. The zero-order chi connectivity index (χ0) is 25.8. The van der Waals surface area contributed by atoms with E-state index in [0.29, 0.717) is 12.5 Å². The molecule has 5 heteroatoms. The lowest BCUT2D eigenvalue weighted by molar-refractivity contribution is -0.137. The number of ether oxygens (including phenoxy) is 2. The number of nitrogens with zero attached hydrogens (tertiary/aromatic N) is 2. The number of hydrogen-bond donors (Lipinski definition) is 0. The maximum atomic E-state index is 10.9. The summed E-state index contributed by atoms with van der Waals surface area (Å²) in [6.45, 7) is 9.09. The van der Waals surface area contributed by atoms with E-state index in [2.05, 4.69) is 48.9 Å². The van der Waals surface area contributed by atoms with Crippen LogP contribution < -0.4 is 4.74 Å². The molecule has 0 amide bonds. The summed E-state index contributed by atoms with van der Waals surface area (Å²) >= 11 is 0. The molecule has 0 fully saturated rings. The highest BCUT2D eigenvalue weighted by atomic mass is 16.5. The van der Waals surface area contributed by atoms with E-state index in [1.165, 1.54) is 56.6 Å². The molecule has 2 aromatic carbocycles. The van der Waals surface area contributed by atoms with Crippen LogP contribution in [0.2, 0.25) is 0 Å². The number of esters is 1. The van der Waals surface area contributed by atoms with Gasteiger partial charge in [0.1, 0.15) is 5.75 Å². The number of azo groups is 1. The van der Waals surface area contributed by atoms with Gasteiger partial charge in [-0.2, -0.15) is 10.2 Å². The van der Waals surface area contributed by atoms with Crippen LogP contribution in [0.3, 0.4) is 0 Å². The van der Waals surface area contributed by atoms with Crippen molar-refractivity contribution in [3.8, 4) is 5.75 Å². The predicted octanol–water partition coefficient (Wildman–Crippen LogP) is 9.62. The van der Waals surface area contributed by atoms with Gasteiger partial charge in [-0.1, -0.05) is 83.6 Å². The number of carbonyl (C=O) groups is 1. The van der Waals surface area contributed by atoms with Crippen molar-refractivity contribution >= 4 is 17.3 Å². The molecule has 1 unspecified atom stereocenters. The highest BCUT2D eigenvalue weighted by Crippen LogP contribution is 2.33. The van der Waals surface area contributed by atoms with Crippen LogP contribution >= 0.6 is 0 Å². The smallest absolute Gasteiger partial charge is 0.330 e. The predicted molar refractivity (Wildman–Crippen MR) is 149 cm³/mol. The fourth-order valence-corrected chi connectivity index (χ4v) is 4.26. The Kier molecular flexibility index (Phi) is 14.9. The van der Waals surface area contributed by atoms with Crippen molar-refractivity contribution in [2.45, 2.75) is 90.4 Å². The second kappa shape index (κ2) is 18.3. The molecule has 0 aromatic heterocycles. The second-order valence-corrected chi connectivity index (χ2v) is 9.20. The minimum absolute atomic E-state index is 0.330. The summed E-state index contributed by atoms with van der Waals surface area (Å²) in [5, 5.41) is 9.03. The number of carbonyl (C=O) groups excluding carboxylic acids is 1. The summed E-state index contributed by atoms with van der Waals surface area (Å²) in [6.07, 6.45) is 13.8. The Morgan fingerprint density at radius 1 is 0.861 bits per heavy atom. The quantitative estimate of drug-likeness (QED) is 0.0848. The van der Waals surface area contributed by atoms with E-state index in [9.17, 15) is 4.79 Å². The minimum atomic E-state index is -0.330. The molecule has 196 valence electrons. The van der Waals surface area contributed by atoms with Gasteiger partial charge in [0.05, 0.1) is 24.6 Å². The largest absolute Gasteiger partial charge is 0.494 e. The van der Waals surface area contributed by atoms with E-state index in [-0.39, 0.29) is 5.97 Å². The van der Waals surface area contributed by atoms with Gasteiger partial charge in [0.15, 0.2) is 0 Å². The van der Waals surface area contributed by atoms with Crippen LogP contribution in [0.1, 0.15) is 96.0 Å². The highest BCUT2D eigenvalue weighted by Gasteiger charge is 2.12. The summed E-state index contributed by atoms with van der Waals surface area (Å²) in [6, 6.07) is 16.2. The molecule has 2 rings (SSSR count). The van der Waals surface area contributed by atoms with Crippen molar-refractivity contribution in [2.24, 2.45) is 10.2 Å². The Hall–Kier alpha value is -2.95. The molecule has 0 N–H and O–H groups in total. The van der Waals surface area contributed by atoms with E-state index in [1.54, 1.807) is 0 Å². The lowest BCUT2D eigenvalue weighted by Gasteiger charge is -2.15. The number of rotatable bonds is 19. The first-order chi connectivity index (χ1) is 17.7. The van der Waals surface area contributed by atoms with Gasteiger partial charge in [0.25, 0.3) is 0 Å². The van der Waals surface area contributed by atoms with Crippen LogP contribution in [0.25, 0.3) is 0 Å². The maximum Gasteiger partial charge on any atom is 0.330 e. The van der Waals surface area contributed by atoms with Gasteiger partial charge in [-0.3, -0.25) is 0 Å². The van der Waals surface area contributed by atoms with Crippen LogP contribution in [-0.4, -0.2) is 19.2 Å². The molecular formula is C31H44N2O3. The molecule has 0 aliphatic heterocycles. The molecule has 0 radical (unpaired) electrons. The van der Waals surface area contributed by atoms with Gasteiger partial charge in [-0.25, -0.2) is 4.79 Å². The van der Waals surface area contributed by atoms with Gasteiger partial charge in [0.2, 0.25) is 0 Å². The molecule has 0 aliphatic carbocycles. The lowest BCUT2D eigenvalue weighted by Crippen LogP contribution is -2.01. The summed E-state index contributed by atoms with van der Waals surface area (Å²) in [5.41, 5.74) is 3.09. The standard InChI is InChI=1S/C31H44N2O3/c1-4-17-26(5-2)29-18-13-14-19-30(29)33-32-27-20-22-28(23-21-27)35-24-15-11-9-7-8-10-12-16-25-36-31(34)6-3/h6,13-14,18-23,26H,3-5,7-12,15-17,24-25H2,1-2H3. The van der Waals surface area contributed by atoms with Crippen molar-refractivity contribution < 1.29 is 14.3 Å². The Morgan fingerprint density at radius 3 is 2.14 bits per heavy atom. The molecule has 0 saturated heterocycles. The topological polar surface area (TPSA) is 60.2 Å². The van der Waals surface area contributed by atoms with Crippen molar-refractivity contribution in [3.63, 3.8) is 0 Å². The third-order valence-corrected chi connectivity index (χ3v) is 6.33. The molecule has 0 spiro atoms. The van der Waals surface area contributed by atoms with Crippen LogP contribution in [0.15, 0.2) is 71.4 Å². The van der Waals surface area contributed by atoms with E-state index < -0.39 is 0 Å². The highest BCUT2D eigenvalue weighted by molar-refractivity contribution is 5.81. The van der Waals surface area contributed by atoms with E-state index in [1.807, 2.05) is 30.3 Å². The number of hydrogen-bond acceptors (Lipinski definition) is 5. The Bertz CT molecular complexity index is 908. The van der Waals surface area contributed by atoms with Gasteiger partial charge in [0, 0.05) is 6.08 Å². The van der Waals surface area contributed by atoms with Crippen LogP contribution in [0.4, 0.5) is 11.4 Å². The van der Waals surface area contributed by atoms with Gasteiger partial charge >= 0.3 is 5.97 Å². The number of benzene rings is 2. The molecule has 5 nitrogen and oxygen atoms in total. The van der Waals surface area contributed by atoms with E-state index >= 15 is 0 Å². The van der Waals surface area contributed by atoms with Crippen molar-refractivity contribution in [3.05, 3.63) is 66.7 Å². The van der Waals surface area contributed by atoms with Crippen LogP contribution in [0.5, 0.6) is 5.75 Å². The van der Waals surface area contributed by atoms with Crippen LogP contribution in [0, 0.1) is 0 Å². The Balaban J connectivity index is 1.62. The zero-order valence-electron chi connectivity index (χ0n) is 22.3. The molecule has 0 saturated carbocycles. The summed E-state index contributed by atoms with van der Waals surface area (Å²) in [5.74, 6) is 1.07. The summed E-state index contributed by atoms with van der Waals surface area (Å²) < 4.78 is 10.9. The van der Waals surface area contributed by atoms with E-state index in [4.69, 9.17) is 9.47 Å². The maximum absolute atomic E-state index is 10.9. The van der Waals surface area contributed by atoms with Crippen molar-refractivity contribution in [1.29, 1.82) is 0 Å². The molecule has 0 heterocycles. The molecule has 0 bridgehead atoms. The summed E-state index contributed by atoms with van der Waals surface area (Å²) in [7, 11) is 0. The molecule has 1 atom stereocenters. The molecule has 36 heavy (non-hydrogen) atoms. The Labute approximate surface area is 218 Å². The summed E-state index contributed by atoms with van der Waals surface area (Å²) in [4.78, 5) is 10.9. The fourth-order valence-electron chi connectivity index (χ4n) is 4.26. The van der Waals surface area contributed by atoms with Crippen molar-refractivity contribution in [1.82, 2.24) is 0 Å².